The molecule has 2 aromatic heterocycles. The summed E-state index contributed by atoms with van der Waals surface area (Å²) in [6, 6.07) is 8.21. The van der Waals surface area contributed by atoms with Crippen LogP contribution in [0, 0.1) is 6.92 Å². The number of nitrogens with zero attached hydrogens (tertiary/aromatic N) is 7. The third-order valence-electron chi connectivity index (χ3n) is 5.42. The lowest BCUT2D eigenvalue weighted by Crippen LogP contribution is -2.55. The van der Waals surface area contributed by atoms with Gasteiger partial charge in [0, 0.05) is 46.5 Å². The van der Waals surface area contributed by atoms with Crippen molar-refractivity contribution in [2.24, 2.45) is 12.0 Å². The van der Waals surface area contributed by atoms with Crippen LogP contribution in [0.3, 0.4) is 0 Å². The summed E-state index contributed by atoms with van der Waals surface area (Å²) in [5, 5.41) is 7.56. The predicted molar refractivity (Wildman–Crippen MR) is 133 cm³/mol. The van der Waals surface area contributed by atoms with E-state index in [2.05, 4.69) is 31.0 Å². The van der Waals surface area contributed by atoms with Crippen LogP contribution >= 0.6 is 24.0 Å². The average molecular weight is 536 g/mol. The Kier molecular flexibility index (Phi) is 7.52. The van der Waals surface area contributed by atoms with Gasteiger partial charge in [0.2, 0.25) is 5.91 Å². The van der Waals surface area contributed by atoms with Gasteiger partial charge < -0.3 is 19.7 Å². The molecule has 1 amide bonds. The number of benzene rings is 1. The first-order chi connectivity index (χ1) is 14.6. The number of para-hydroxylation sites is 2. The zero-order valence-electron chi connectivity index (χ0n) is 18.2. The molecule has 1 saturated heterocycles. The van der Waals surface area contributed by atoms with E-state index in [0.29, 0.717) is 13.1 Å². The number of rotatable bonds is 5. The van der Waals surface area contributed by atoms with Crippen molar-refractivity contribution in [3.63, 3.8) is 0 Å². The molecule has 0 bridgehead atoms. The van der Waals surface area contributed by atoms with Crippen molar-refractivity contribution in [3.8, 4) is 0 Å². The molecule has 0 saturated carbocycles. The lowest BCUT2D eigenvalue weighted by Gasteiger charge is -2.35. The van der Waals surface area contributed by atoms with Crippen molar-refractivity contribution in [1.29, 1.82) is 0 Å². The molecular weight excluding hydrogens is 507 g/mol. The normalized spacial score (nSPS) is 14.8. The number of aromatic nitrogens is 4. The molecule has 0 radical (unpaired) electrons. The van der Waals surface area contributed by atoms with E-state index in [1.54, 1.807) is 22.8 Å². The molecule has 1 aliphatic heterocycles. The molecule has 31 heavy (non-hydrogen) atoms. The molecule has 3 aromatic rings. The number of anilines is 1. The minimum absolute atomic E-state index is 0. The minimum atomic E-state index is 0. The molecule has 9 nitrogen and oxygen atoms in total. The van der Waals surface area contributed by atoms with Crippen LogP contribution in [-0.2, 0) is 18.4 Å². The Balaban J connectivity index is 0.00000272. The summed E-state index contributed by atoms with van der Waals surface area (Å²) < 4.78 is 3.95. The van der Waals surface area contributed by atoms with Crippen LogP contribution in [0.2, 0.25) is 0 Å². The number of amides is 1. The van der Waals surface area contributed by atoms with Gasteiger partial charge in [-0.15, -0.1) is 24.0 Å². The smallest absolute Gasteiger partial charge is 0.246 e. The van der Waals surface area contributed by atoms with Crippen molar-refractivity contribution in [2.45, 2.75) is 19.9 Å². The maximum atomic E-state index is 12.6. The number of hydrogen-bond acceptors (Lipinski definition) is 4. The van der Waals surface area contributed by atoms with E-state index < -0.39 is 0 Å². The lowest BCUT2D eigenvalue weighted by atomic mass is 10.3. The first kappa shape index (κ1) is 23.0. The summed E-state index contributed by atoms with van der Waals surface area (Å²) in [4.78, 5) is 25.4. The second kappa shape index (κ2) is 10.1. The molecule has 0 aliphatic carbocycles. The number of carbonyl (C=O) groups is 1. The van der Waals surface area contributed by atoms with Gasteiger partial charge in [-0.2, -0.15) is 5.10 Å². The van der Waals surface area contributed by atoms with Crippen LogP contribution in [0.4, 0.5) is 5.69 Å². The zero-order chi connectivity index (χ0) is 21.1. The van der Waals surface area contributed by atoms with Crippen molar-refractivity contribution in [3.05, 3.63) is 42.5 Å². The summed E-state index contributed by atoms with van der Waals surface area (Å²) in [5.74, 6) is 1.84. The molecular formula is C21H29IN8O. The van der Waals surface area contributed by atoms with Gasteiger partial charge in [0.15, 0.2) is 5.96 Å². The highest BCUT2D eigenvalue weighted by Gasteiger charge is 2.27. The first-order valence-corrected chi connectivity index (χ1v) is 10.2. The van der Waals surface area contributed by atoms with Gasteiger partial charge in [-0.3, -0.25) is 14.5 Å². The highest BCUT2D eigenvalue weighted by atomic mass is 127. The molecule has 1 fully saturated rings. The maximum absolute atomic E-state index is 12.6. The molecule has 166 valence electrons. The fraction of sp³-hybridized carbons (Fsp3) is 0.429. The first-order valence-electron chi connectivity index (χ1n) is 10.2. The van der Waals surface area contributed by atoms with Crippen molar-refractivity contribution >= 4 is 52.6 Å². The van der Waals surface area contributed by atoms with Gasteiger partial charge in [-0.05, 0) is 25.5 Å². The van der Waals surface area contributed by atoms with Crippen molar-refractivity contribution in [2.75, 3.05) is 38.1 Å². The largest absolute Gasteiger partial charge is 0.356 e. The van der Waals surface area contributed by atoms with Gasteiger partial charge in [0.1, 0.15) is 12.4 Å². The Morgan fingerprint density at radius 3 is 2.77 bits per heavy atom. The maximum Gasteiger partial charge on any atom is 0.246 e. The lowest BCUT2D eigenvalue weighted by molar-refractivity contribution is -0.120. The van der Waals surface area contributed by atoms with Gasteiger partial charge in [-0.1, -0.05) is 12.1 Å². The Hall–Kier alpha value is -2.63. The number of fused-ring (bicyclic) bond motifs is 1. The Morgan fingerprint density at radius 1 is 1.26 bits per heavy atom. The van der Waals surface area contributed by atoms with Crippen LogP contribution in [0.25, 0.3) is 11.0 Å². The summed E-state index contributed by atoms with van der Waals surface area (Å²) in [6.45, 7) is 5.34. The molecule has 4 rings (SSSR count). The predicted octanol–water partition coefficient (Wildman–Crippen LogP) is 2.01. The second-order valence-electron chi connectivity index (χ2n) is 7.47. The van der Waals surface area contributed by atoms with Crippen LogP contribution in [-0.4, -0.2) is 69.3 Å². The van der Waals surface area contributed by atoms with Crippen LogP contribution in [0.15, 0.2) is 41.7 Å². The average Bonchev–Trinajstić information content (AvgIpc) is 3.30. The summed E-state index contributed by atoms with van der Waals surface area (Å²) in [7, 11) is 3.61. The summed E-state index contributed by atoms with van der Waals surface area (Å²) in [6.07, 6.45) is 4.52. The number of piperazine rings is 1. The molecule has 0 unspecified atom stereocenters. The van der Waals surface area contributed by atoms with Crippen molar-refractivity contribution < 1.29 is 4.79 Å². The minimum Gasteiger partial charge on any atom is -0.356 e. The number of carbonyl (C=O) groups excluding carboxylic acids is 1. The van der Waals surface area contributed by atoms with Gasteiger partial charge in [0.05, 0.1) is 22.9 Å². The van der Waals surface area contributed by atoms with Crippen LogP contribution < -0.4 is 10.2 Å². The molecule has 1 aromatic carbocycles. The number of aryl methyl sites for hydroxylation is 3. The quantitative estimate of drug-likeness (QED) is 0.234. The number of aliphatic imine (C=N–C) groups is 1. The number of guanidine groups is 1. The van der Waals surface area contributed by atoms with E-state index in [9.17, 15) is 4.79 Å². The van der Waals surface area contributed by atoms with E-state index in [1.807, 2.05) is 43.3 Å². The zero-order valence-corrected chi connectivity index (χ0v) is 20.5. The van der Waals surface area contributed by atoms with E-state index in [0.717, 1.165) is 54.6 Å². The van der Waals surface area contributed by atoms with Crippen LogP contribution in [0.1, 0.15) is 12.2 Å². The Morgan fingerprint density at radius 2 is 2.06 bits per heavy atom. The molecule has 0 atom stereocenters. The number of nitrogens with one attached hydrogen (secondary N) is 1. The van der Waals surface area contributed by atoms with E-state index >= 15 is 0 Å². The standard InChI is InChI=1S/C21H28N8O.HI/c1-16-25-18-7-4-5-8-19(18)28(16)10-6-9-23-21(22-2)27-11-12-29(20(30)15-27)17-13-24-26(3)14-17;/h4-5,7-8,13-14H,6,9-12,15H2,1-3H3,(H,22,23);1H. The highest BCUT2D eigenvalue weighted by molar-refractivity contribution is 14.0. The van der Waals surface area contributed by atoms with E-state index in [-0.39, 0.29) is 29.9 Å². The summed E-state index contributed by atoms with van der Waals surface area (Å²) in [5.41, 5.74) is 3.04. The van der Waals surface area contributed by atoms with E-state index in [1.165, 1.54) is 0 Å². The fourth-order valence-corrected chi connectivity index (χ4v) is 3.92. The highest BCUT2D eigenvalue weighted by Crippen LogP contribution is 2.17. The van der Waals surface area contributed by atoms with Gasteiger partial charge >= 0.3 is 0 Å². The monoisotopic (exact) mass is 536 g/mol. The molecule has 0 spiro atoms. The van der Waals surface area contributed by atoms with Crippen molar-refractivity contribution in [1.82, 2.24) is 29.5 Å². The van der Waals surface area contributed by atoms with Crippen LogP contribution in [0.5, 0.6) is 0 Å². The number of halogens is 1. The fourth-order valence-electron chi connectivity index (χ4n) is 3.92. The third kappa shape index (κ3) is 5.00. The van der Waals surface area contributed by atoms with E-state index in [4.69, 9.17) is 0 Å². The molecule has 3 heterocycles. The summed E-state index contributed by atoms with van der Waals surface area (Å²) >= 11 is 0. The topological polar surface area (TPSA) is 83.6 Å². The number of imidazole rings is 1. The van der Waals surface area contributed by atoms with Gasteiger partial charge in [-0.25, -0.2) is 4.98 Å². The molecule has 1 aliphatic rings. The third-order valence-corrected chi connectivity index (χ3v) is 5.42. The SMILES string of the molecule is CN=C(NCCCn1c(C)nc2ccccc21)N1CCN(c2cnn(C)c2)C(=O)C1.I. The Bertz CT molecular complexity index is 1070. The Labute approximate surface area is 199 Å². The molecule has 1 N–H and O–H groups in total. The molecule has 10 heteroatoms. The van der Waals surface area contributed by atoms with Gasteiger partial charge in [0.25, 0.3) is 0 Å². The number of hydrogen-bond donors (Lipinski definition) is 1. The second-order valence-corrected chi connectivity index (χ2v) is 7.47.